The van der Waals surface area contributed by atoms with Gasteiger partial charge in [0, 0.05) is 51.6 Å². The summed E-state index contributed by atoms with van der Waals surface area (Å²) in [7, 11) is 0. The Morgan fingerprint density at radius 1 is 0.881 bits per heavy atom. The third-order valence-electron chi connectivity index (χ3n) is 7.58. The SMILES string of the molecule is NC(=O)c1ccncc1[C@H]1CCC[C@@](O)(C#Cc2cccc(Cl)c2)C1.N[C@H]1CCC[C@@](O)(C#Cc2cccc(Cl)c2)C1. The summed E-state index contributed by atoms with van der Waals surface area (Å²) in [6.45, 7) is 0. The first-order chi connectivity index (χ1) is 20.0. The molecule has 0 radical (unpaired) electrons. The third-order valence-corrected chi connectivity index (χ3v) is 8.05. The average Bonchev–Trinajstić information content (AvgIpc) is 2.96. The van der Waals surface area contributed by atoms with Gasteiger partial charge >= 0.3 is 0 Å². The Balaban J connectivity index is 0.000000208. The molecule has 2 aliphatic rings. The number of benzene rings is 2. The van der Waals surface area contributed by atoms with Crippen molar-refractivity contribution in [1.29, 1.82) is 0 Å². The van der Waals surface area contributed by atoms with E-state index in [1.54, 1.807) is 42.7 Å². The molecular formula is C34H35Cl2N3O3. The Bertz CT molecular complexity index is 1540. The molecular weight excluding hydrogens is 569 g/mol. The van der Waals surface area contributed by atoms with Crippen LogP contribution in [0.15, 0.2) is 67.0 Å². The largest absolute Gasteiger partial charge is 0.378 e. The highest BCUT2D eigenvalue weighted by Gasteiger charge is 2.35. The molecule has 3 aromatic rings. The van der Waals surface area contributed by atoms with E-state index in [1.807, 2.05) is 24.3 Å². The predicted molar refractivity (Wildman–Crippen MR) is 167 cm³/mol. The maximum Gasteiger partial charge on any atom is 0.249 e. The minimum Gasteiger partial charge on any atom is -0.378 e. The Kier molecular flexibility index (Phi) is 10.7. The first-order valence-corrected chi connectivity index (χ1v) is 14.8. The molecule has 0 saturated heterocycles. The van der Waals surface area contributed by atoms with Gasteiger partial charge in [-0.2, -0.15) is 0 Å². The molecule has 2 aliphatic carbocycles. The van der Waals surface area contributed by atoms with Crippen molar-refractivity contribution in [3.63, 3.8) is 0 Å². The molecule has 8 heteroatoms. The summed E-state index contributed by atoms with van der Waals surface area (Å²) in [6, 6.07) is 16.2. The molecule has 1 aromatic heterocycles. The fourth-order valence-electron chi connectivity index (χ4n) is 5.51. The number of hydrogen-bond donors (Lipinski definition) is 4. The zero-order chi connectivity index (χ0) is 30.2. The van der Waals surface area contributed by atoms with Crippen LogP contribution in [0.5, 0.6) is 0 Å². The smallest absolute Gasteiger partial charge is 0.249 e. The van der Waals surface area contributed by atoms with Crippen LogP contribution in [-0.2, 0) is 0 Å². The van der Waals surface area contributed by atoms with Crippen molar-refractivity contribution in [3.05, 3.63) is 99.3 Å². The molecule has 4 atom stereocenters. The molecule has 2 fully saturated rings. The Morgan fingerprint density at radius 2 is 1.45 bits per heavy atom. The van der Waals surface area contributed by atoms with Gasteiger partial charge in [-0.3, -0.25) is 9.78 Å². The topological polar surface area (TPSA) is 122 Å². The Hall–Kier alpha value is -3.36. The Labute approximate surface area is 257 Å². The van der Waals surface area contributed by atoms with Crippen LogP contribution >= 0.6 is 23.2 Å². The average molecular weight is 605 g/mol. The molecule has 218 valence electrons. The summed E-state index contributed by atoms with van der Waals surface area (Å²) in [6.07, 6.45) is 9.12. The van der Waals surface area contributed by atoms with Gasteiger partial charge in [-0.15, -0.1) is 0 Å². The van der Waals surface area contributed by atoms with Gasteiger partial charge in [0.2, 0.25) is 5.91 Å². The van der Waals surface area contributed by atoms with E-state index in [0.29, 0.717) is 41.3 Å². The van der Waals surface area contributed by atoms with Crippen molar-refractivity contribution in [2.45, 2.75) is 74.5 Å². The number of aliphatic hydroxyl groups is 2. The molecule has 1 amide bonds. The summed E-state index contributed by atoms with van der Waals surface area (Å²) < 4.78 is 0. The third kappa shape index (κ3) is 9.07. The van der Waals surface area contributed by atoms with Crippen LogP contribution < -0.4 is 11.5 Å². The van der Waals surface area contributed by atoms with Crippen molar-refractivity contribution < 1.29 is 15.0 Å². The number of pyridine rings is 1. The number of hydrogen-bond acceptors (Lipinski definition) is 5. The van der Waals surface area contributed by atoms with Gasteiger partial charge in [0.05, 0.1) is 0 Å². The van der Waals surface area contributed by atoms with Crippen molar-refractivity contribution in [2.75, 3.05) is 0 Å². The summed E-state index contributed by atoms with van der Waals surface area (Å²) in [4.78, 5) is 15.8. The van der Waals surface area contributed by atoms with E-state index >= 15 is 0 Å². The molecule has 0 unspecified atom stereocenters. The Morgan fingerprint density at radius 3 is 2.00 bits per heavy atom. The minimum atomic E-state index is -1.10. The molecule has 0 bridgehead atoms. The van der Waals surface area contributed by atoms with Gasteiger partial charge in [-0.25, -0.2) is 0 Å². The van der Waals surface area contributed by atoms with Crippen LogP contribution in [0.2, 0.25) is 10.0 Å². The van der Waals surface area contributed by atoms with Gasteiger partial charge in [0.1, 0.15) is 11.2 Å². The van der Waals surface area contributed by atoms with Crippen molar-refractivity contribution in [2.24, 2.45) is 11.5 Å². The number of primary amides is 1. The van der Waals surface area contributed by atoms with Gasteiger partial charge in [-0.05, 0) is 98.9 Å². The first kappa shape index (κ1) is 31.6. The molecule has 42 heavy (non-hydrogen) atoms. The number of aromatic nitrogens is 1. The predicted octanol–water partition coefficient (Wildman–Crippen LogP) is 5.60. The van der Waals surface area contributed by atoms with Crippen LogP contribution in [0.25, 0.3) is 0 Å². The monoisotopic (exact) mass is 603 g/mol. The molecule has 0 spiro atoms. The number of nitrogens with zero attached hydrogens (tertiary/aromatic N) is 1. The fourth-order valence-corrected chi connectivity index (χ4v) is 5.89. The highest BCUT2D eigenvalue weighted by atomic mass is 35.5. The number of carbonyl (C=O) groups excluding carboxylic acids is 1. The summed E-state index contributed by atoms with van der Waals surface area (Å²) in [5, 5.41) is 22.5. The van der Waals surface area contributed by atoms with Gasteiger partial charge in [-0.1, -0.05) is 59.0 Å². The number of nitrogens with two attached hydrogens (primary N) is 2. The van der Waals surface area contributed by atoms with E-state index in [9.17, 15) is 15.0 Å². The molecule has 6 nitrogen and oxygen atoms in total. The fraction of sp³-hybridized carbons (Fsp3) is 0.353. The molecule has 2 saturated carbocycles. The molecule has 1 heterocycles. The molecule has 5 rings (SSSR count). The molecule has 6 N–H and O–H groups in total. The minimum absolute atomic E-state index is 0.00334. The number of carbonyl (C=O) groups is 1. The lowest BCUT2D eigenvalue weighted by Gasteiger charge is -2.33. The van der Waals surface area contributed by atoms with Crippen LogP contribution in [0.3, 0.4) is 0 Å². The lowest BCUT2D eigenvalue weighted by Crippen LogP contribution is -2.40. The number of halogens is 2. The summed E-state index contributed by atoms with van der Waals surface area (Å²) in [5.74, 6) is 11.5. The van der Waals surface area contributed by atoms with Crippen molar-refractivity contribution in [3.8, 4) is 23.7 Å². The van der Waals surface area contributed by atoms with Crippen LogP contribution in [-0.4, -0.2) is 38.3 Å². The second-order valence-electron chi connectivity index (χ2n) is 11.1. The summed E-state index contributed by atoms with van der Waals surface area (Å²) >= 11 is 11.8. The maximum absolute atomic E-state index is 11.7. The first-order valence-electron chi connectivity index (χ1n) is 14.1. The van der Waals surface area contributed by atoms with E-state index in [-0.39, 0.29) is 12.0 Å². The van der Waals surface area contributed by atoms with Gasteiger partial charge in [0.15, 0.2) is 0 Å². The van der Waals surface area contributed by atoms with E-state index in [2.05, 4.69) is 28.7 Å². The normalized spacial score (nSPS) is 25.0. The standard InChI is InChI=1S/C20H19ClN2O2.C14H16ClNO/c21-16-5-1-3-14(11-16)6-9-20(25)8-2-4-15(12-20)18-13-23-10-7-17(18)19(22)24;15-12-4-1-3-11(9-12)6-8-14(17)7-2-5-13(16)10-14/h1,3,5,7,10-11,13,15,25H,2,4,8,12H2,(H2,22,24);1,3-4,9,13,17H,2,5,7,10,16H2/t15-,20+;13-,14+/m00/s1. The van der Waals surface area contributed by atoms with Crippen LogP contribution in [0, 0.1) is 23.7 Å². The highest BCUT2D eigenvalue weighted by Crippen LogP contribution is 2.39. The van der Waals surface area contributed by atoms with Crippen molar-refractivity contribution >= 4 is 29.1 Å². The number of amides is 1. The van der Waals surface area contributed by atoms with Gasteiger partial charge in [0.25, 0.3) is 0 Å². The van der Waals surface area contributed by atoms with Crippen LogP contribution in [0.1, 0.15) is 84.3 Å². The van der Waals surface area contributed by atoms with E-state index in [0.717, 1.165) is 42.4 Å². The zero-order valence-electron chi connectivity index (χ0n) is 23.3. The molecule has 2 aromatic carbocycles. The quantitative estimate of drug-likeness (QED) is 0.284. The van der Waals surface area contributed by atoms with Crippen LogP contribution in [0.4, 0.5) is 0 Å². The van der Waals surface area contributed by atoms with E-state index in [1.165, 1.54) is 0 Å². The van der Waals surface area contributed by atoms with E-state index in [4.69, 9.17) is 34.7 Å². The zero-order valence-corrected chi connectivity index (χ0v) is 24.8. The molecule has 0 aliphatic heterocycles. The van der Waals surface area contributed by atoms with E-state index < -0.39 is 17.1 Å². The summed E-state index contributed by atoms with van der Waals surface area (Å²) in [5.41, 5.74) is 12.1. The second kappa shape index (κ2) is 14.2. The lowest BCUT2D eigenvalue weighted by molar-refractivity contribution is 0.0516. The second-order valence-corrected chi connectivity index (χ2v) is 11.9. The lowest BCUT2D eigenvalue weighted by atomic mass is 9.74. The van der Waals surface area contributed by atoms with Gasteiger partial charge < -0.3 is 21.7 Å². The highest BCUT2D eigenvalue weighted by molar-refractivity contribution is 6.31. The van der Waals surface area contributed by atoms with Crippen molar-refractivity contribution in [1.82, 2.24) is 4.98 Å². The maximum atomic E-state index is 11.7. The number of rotatable bonds is 2.